The molecule has 2 aliphatic carbocycles. The Morgan fingerprint density at radius 1 is 1.20 bits per heavy atom. The highest BCUT2D eigenvalue weighted by Gasteiger charge is 2.44. The van der Waals surface area contributed by atoms with Crippen LogP contribution in [0.2, 0.25) is 0 Å². The number of imidazole rings is 1. The van der Waals surface area contributed by atoms with Crippen molar-refractivity contribution in [1.82, 2.24) is 14.6 Å². The number of aromatic nitrogens is 3. The van der Waals surface area contributed by atoms with Gasteiger partial charge in [-0.2, -0.15) is 5.10 Å². The van der Waals surface area contributed by atoms with Gasteiger partial charge < -0.3 is 9.64 Å². The monoisotopic (exact) mass is 550 g/mol. The van der Waals surface area contributed by atoms with E-state index in [-0.39, 0.29) is 0 Å². The molecule has 3 atom stereocenters. The molecule has 3 heterocycles. The van der Waals surface area contributed by atoms with Crippen LogP contribution in [0.4, 0.5) is 5.69 Å². The van der Waals surface area contributed by atoms with Crippen LogP contribution >= 0.6 is 11.3 Å². The number of ether oxygens (including phenoxy) is 1. The molecule has 2 aromatic carbocycles. The second kappa shape index (κ2) is 10.2. The minimum absolute atomic E-state index is 0.763. The van der Waals surface area contributed by atoms with Gasteiger partial charge in [-0.05, 0) is 115 Å². The molecule has 0 spiro atoms. The summed E-state index contributed by atoms with van der Waals surface area (Å²) in [5.74, 6) is 3.34. The van der Waals surface area contributed by atoms with Gasteiger partial charge >= 0.3 is 0 Å². The van der Waals surface area contributed by atoms with Crippen molar-refractivity contribution >= 4 is 39.2 Å². The minimum Gasteiger partial charge on any atom is -0.497 e. The highest BCUT2D eigenvalue weighted by molar-refractivity contribution is 7.16. The van der Waals surface area contributed by atoms with Crippen molar-refractivity contribution in [1.29, 1.82) is 0 Å². The Morgan fingerprint density at radius 3 is 2.80 bits per heavy atom. The average Bonchev–Trinajstić information content (AvgIpc) is 3.25. The maximum absolute atomic E-state index is 5.75. The number of anilines is 1. The molecule has 1 saturated carbocycles. The van der Waals surface area contributed by atoms with Gasteiger partial charge in [0, 0.05) is 25.2 Å². The van der Waals surface area contributed by atoms with E-state index in [4.69, 9.17) is 9.72 Å². The summed E-state index contributed by atoms with van der Waals surface area (Å²) in [7, 11) is 1.79. The van der Waals surface area contributed by atoms with E-state index in [1.165, 1.54) is 59.3 Å². The van der Waals surface area contributed by atoms with Crippen molar-refractivity contribution in [2.75, 3.05) is 25.1 Å². The highest BCUT2D eigenvalue weighted by atomic mass is 32.1. The molecule has 1 saturated heterocycles. The summed E-state index contributed by atoms with van der Waals surface area (Å²) in [6.45, 7) is 10.6. The Hall–Kier alpha value is -3.38. The fourth-order valence-electron chi connectivity index (χ4n) is 6.92. The fourth-order valence-corrected chi connectivity index (χ4v) is 7.73. The van der Waals surface area contributed by atoms with Crippen LogP contribution in [-0.2, 0) is 19.3 Å². The van der Waals surface area contributed by atoms with Crippen molar-refractivity contribution in [3.63, 3.8) is 0 Å². The number of fused-ring (bicyclic) bond motifs is 2. The zero-order valence-electron chi connectivity index (χ0n) is 23.8. The molecule has 6 heteroatoms. The van der Waals surface area contributed by atoms with E-state index in [9.17, 15) is 0 Å². The first-order valence-corrected chi connectivity index (χ1v) is 15.6. The zero-order valence-corrected chi connectivity index (χ0v) is 24.6. The molecule has 1 aliphatic heterocycles. The van der Waals surface area contributed by atoms with Crippen LogP contribution < -0.4 is 9.64 Å². The quantitative estimate of drug-likeness (QED) is 0.227. The lowest BCUT2D eigenvalue weighted by Gasteiger charge is -2.35. The maximum Gasteiger partial charge on any atom is 0.212 e. The van der Waals surface area contributed by atoms with Gasteiger partial charge in [0.05, 0.1) is 19.0 Å². The van der Waals surface area contributed by atoms with Crippen molar-refractivity contribution in [3.05, 3.63) is 82.1 Å². The van der Waals surface area contributed by atoms with E-state index in [0.29, 0.717) is 0 Å². The van der Waals surface area contributed by atoms with Gasteiger partial charge in [0.25, 0.3) is 0 Å². The first-order chi connectivity index (χ1) is 19.5. The van der Waals surface area contributed by atoms with Crippen LogP contribution in [0, 0.1) is 17.8 Å². The second-order valence-corrected chi connectivity index (χ2v) is 13.0. The third kappa shape index (κ3) is 4.77. The topological polar surface area (TPSA) is 42.7 Å². The largest absolute Gasteiger partial charge is 0.497 e. The Kier molecular flexibility index (Phi) is 6.54. The number of benzene rings is 2. The SMILES string of the molecule is C=C(C)c1ccc(N2CCCC([C@@H]3C[C@@H]3Cc3cc(OC)cc4c3C=C(c3cn5nc(CC)sc5n3)C4)C2)cc1. The zero-order chi connectivity index (χ0) is 27.4. The molecule has 4 aromatic rings. The lowest BCUT2D eigenvalue weighted by molar-refractivity contribution is 0.357. The molecule has 0 radical (unpaired) electrons. The highest BCUT2D eigenvalue weighted by Crippen LogP contribution is 2.50. The van der Waals surface area contributed by atoms with Crippen LogP contribution in [0.15, 0.2) is 49.2 Å². The Bertz CT molecular complexity index is 1580. The van der Waals surface area contributed by atoms with E-state index >= 15 is 0 Å². The number of hydrogen-bond donors (Lipinski definition) is 0. The number of hydrogen-bond acceptors (Lipinski definition) is 5. The van der Waals surface area contributed by atoms with E-state index < -0.39 is 0 Å². The average molecular weight is 551 g/mol. The molecule has 2 aromatic heterocycles. The summed E-state index contributed by atoms with van der Waals surface area (Å²) in [5.41, 5.74) is 10.2. The Balaban J connectivity index is 1.06. The van der Waals surface area contributed by atoms with Crippen molar-refractivity contribution in [2.24, 2.45) is 17.8 Å². The summed E-state index contributed by atoms with van der Waals surface area (Å²) in [6, 6.07) is 13.5. The molecule has 0 amide bonds. The minimum atomic E-state index is 0.763. The van der Waals surface area contributed by atoms with Gasteiger partial charge in [0.15, 0.2) is 0 Å². The normalized spacial score (nSPS) is 21.9. The van der Waals surface area contributed by atoms with Gasteiger partial charge in [-0.15, -0.1) is 0 Å². The second-order valence-electron chi connectivity index (χ2n) is 11.9. The first-order valence-electron chi connectivity index (χ1n) is 14.8. The molecule has 7 rings (SSSR count). The summed E-state index contributed by atoms with van der Waals surface area (Å²) in [6.07, 6.45) is 11.4. The number of aryl methyl sites for hydroxylation is 1. The molecular weight excluding hydrogens is 512 g/mol. The first kappa shape index (κ1) is 25.6. The Labute approximate surface area is 241 Å². The maximum atomic E-state index is 5.75. The predicted octanol–water partition coefficient (Wildman–Crippen LogP) is 7.59. The summed E-state index contributed by atoms with van der Waals surface area (Å²) < 4.78 is 7.70. The molecule has 0 bridgehead atoms. The van der Waals surface area contributed by atoms with Crippen molar-refractivity contribution < 1.29 is 4.74 Å². The smallest absolute Gasteiger partial charge is 0.212 e. The molecule has 0 N–H and O–H groups in total. The van der Waals surface area contributed by atoms with Gasteiger partial charge in [0.2, 0.25) is 4.96 Å². The molecule has 40 heavy (non-hydrogen) atoms. The van der Waals surface area contributed by atoms with Crippen LogP contribution in [0.5, 0.6) is 5.75 Å². The summed E-state index contributed by atoms with van der Waals surface area (Å²) >= 11 is 1.69. The molecule has 206 valence electrons. The molecule has 2 fully saturated rings. The fraction of sp³-hybridized carbons (Fsp3) is 0.412. The van der Waals surface area contributed by atoms with Gasteiger partial charge in [-0.1, -0.05) is 42.5 Å². The van der Waals surface area contributed by atoms with Gasteiger partial charge in [-0.3, -0.25) is 0 Å². The van der Waals surface area contributed by atoms with Crippen LogP contribution in [-0.4, -0.2) is 34.8 Å². The van der Waals surface area contributed by atoms with Crippen LogP contribution in [0.25, 0.3) is 22.2 Å². The predicted molar refractivity (Wildman–Crippen MR) is 166 cm³/mol. The van der Waals surface area contributed by atoms with E-state index in [1.54, 1.807) is 18.4 Å². The van der Waals surface area contributed by atoms with Crippen molar-refractivity contribution in [2.45, 2.75) is 52.4 Å². The molecule has 3 aliphatic rings. The van der Waals surface area contributed by atoms with Crippen LogP contribution in [0.1, 0.15) is 66.1 Å². The number of piperidine rings is 1. The lowest BCUT2D eigenvalue weighted by Crippen LogP contribution is -2.36. The van der Waals surface area contributed by atoms with Crippen LogP contribution in [0.3, 0.4) is 0 Å². The van der Waals surface area contributed by atoms with E-state index in [1.807, 2.05) is 4.52 Å². The summed E-state index contributed by atoms with van der Waals surface area (Å²) in [5, 5.41) is 5.80. The number of methoxy groups -OCH3 is 1. The van der Waals surface area contributed by atoms with Crippen molar-refractivity contribution in [3.8, 4) is 5.75 Å². The van der Waals surface area contributed by atoms with E-state index in [0.717, 1.165) is 70.5 Å². The summed E-state index contributed by atoms with van der Waals surface area (Å²) in [4.78, 5) is 8.51. The van der Waals surface area contributed by atoms with E-state index in [2.05, 4.69) is 79.1 Å². The van der Waals surface area contributed by atoms with Gasteiger partial charge in [0.1, 0.15) is 10.8 Å². The molecule has 1 unspecified atom stereocenters. The standard InChI is InChI=1S/C34H38N4OS/c1-5-33-36-38-20-32(35-34(38)40-33)27-14-25-16-29(39-4)15-24(31(25)18-27)13-26-17-30(26)23-7-6-12-37(19-23)28-10-8-22(9-11-28)21(2)3/h8-11,15-16,18,20,23,26,30H,2,5-7,12-14,17,19H2,1,3-4H3/t23?,26-,30-/m0/s1. The Morgan fingerprint density at radius 2 is 2.05 bits per heavy atom. The molecule has 5 nitrogen and oxygen atoms in total. The number of rotatable bonds is 8. The number of nitrogens with zero attached hydrogens (tertiary/aromatic N) is 4. The van der Waals surface area contributed by atoms with Gasteiger partial charge in [-0.25, -0.2) is 9.50 Å². The number of allylic oxidation sites excluding steroid dienone is 2. The molecular formula is C34H38N4OS. The third-order valence-corrected chi connectivity index (χ3v) is 10.3. The third-order valence-electron chi connectivity index (χ3n) is 9.22. The lowest BCUT2D eigenvalue weighted by atomic mass is 9.90.